The molecule has 0 amide bonds. The standard InChI is InChI=1S/C11H12O2.C10H10O3.C2F6O5S2/c1-7-4-5-10(8(2)12)6-11(7)9(3)13;1-6(11)8-3-4-10(13)9(5-8)7(2)12;3-1(4,5)14(9,10)13-15(11,12)2(6,7)8/h4-6H,1-3H3;3-5,13H,1-2H3;. The molecule has 0 aliphatic heterocycles. The highest BCUT2D eigenvalue weighted by Gasteiger charge is 2.57. The summed E-state index contributed by atoms with van der Waals surface area (Å²) in [5, 5.41) is 9.26. The van der Waals surface area contributed by atoms with E-state index in [4.69, 9.17) is 0 Å². The van der Waals surface area contributed by atoms with Gasteiger partial charge >= 0.3 is 31.3 Å². The lowest BCUT2D eigenvalue weighted by Crippen LogP contribution is -2.34. The van der Waals surface area contributed by atoms with Crippen molar-refractivity contribution in [1.29, 1.82) is 0 Å². The first-order chi connectivity index (χ1) is 18.2. The predicted molar refractivity (Wildman–Crippen MR) is 130 cm³/mol. The number of benzene rings is 2. The molecule has 0 atom stereocenters. The molecule has 0 radical (unpaired) electrons. The molecule has 0 aromatic heterocycles. The molecule has 228 valence electrons. The summed E-state index contributed by atoms with van der Waals surface area (Å²) in [7, 11) is -13.7. The fraction of sp³-hybridized carbons (Fsp3) is 0.304. The maximum atomic E-state index is 11.4. The van der Waals surface area contributed by atoms with E-state index in [-0.39, 0.29) is 34.4 Å². The quantitative estimate of drug-likeness (QED) is 0.262. The van der Waals surface area contributed by atoms with E-state index in [9.17, 15) is 67.5 Å². The number of carbonyl (C=O) groups is 4. The van der Waals surface area contributed by atoms with E-state index < -0.39 is 31.3 Å². The Hall–Kier alpha value is -3.64. The minimum atomic E-state index is -6.85. The lowest BCUT2D eigenvalue weighted by molar-refractivity contribution is -0.0586. The molecule has 18 heteroatoms. The highest BCUT2D eigenvalue weighted by Crippen LogP contribution is 2.32. The zero-order valence-electron chi connectivity index (χ0n) is 21.7. The van der Waals surface area contributed by atoms with Gasteiger partial charge < -0.3 is 5.11 Å². The zero-order valence-corrected chi connectivity index (χ0v) is 23.3. The number of Topliss-reactive ketones (excluding diaryl/α,β-unsaturated/α-hetero) is 4. The second kappa shape index (κ2) is 13.8. The summed E-state index contributed by atoms with van der Waals surface area (Å²) in [4.78, 5) is 44.1. The zero-order chi connectivity index (χ0) is 32.7. The summed E-state index contributed by atoms with van der Waals surface area (Å²) in [6.45, 7) is 7.62. The van der Waals surface area contributed by atoms with Crippen LogP contribution in [0.25, 0.3) is 0 Å². The molecule has 0 saturated carbocycles. The van der Waals surface area contributed by atoms with E-state index in [0.29, 0.717) is 16.7 Å². The molecule has 0 spiro atoms. The predicted octanol–water partition coefficient (Wildman–Crippen LogP) is 4.90. The van der Waals surface area contributed by atoms with E-state index in [1.165, 1.54) is 45.9 Å². The first kappa shape index (κ1) is 37.4. The molecule has 0 heterocycles. The van der Waals surface area contributed by atoms with Crippen LogP contribution in [0.15, 0.2) is 36.4 Å². The van der Waals surface area contributed by atoms with Crippen LogP contribution in [0.4, 0.5) is 26.3 Å². The summed E-state index contributed by atoms with van der Waals surface area (Å²) in [5.74, 6) is -0.469. The van der Waals surface area contributed by atoms with Crippen LogP contribution in [-0.4, -0.2) is 56.1 Å². The van der Waals surface area contributed by atoms with Gasteiger partial charge in [-0.05, 0) is 64.4 Å². The number of aromatic hydroxyl groups is 1. The minimum absolute atomic E-state index is 0.000556. The molecule has 0 unspecified atom stereocenters. The Morgan fingerprint density at radius 3 is 1.29 bits per heavy atom. The summed E-state index contributed by atoms with van der Waals surface area (Å²) in [6, 6.07) is 9.44. The molecule has 0 fully saturated rings. The molecule has 0 bridgehead atoms. The second-order valence-corrected chi connectivity index (χ2v) is 11.1. The molecule has 0 aliphatic carbocycles. The van der Waals surface area contributed by atoms with Crippen molar-refractivity contribution in [3.63, 3.8) is 0 Å². The maximum Gasteiger partial charge on any atom is 0.524 e. The van der Waals surface area contributed by atoms with Crippen molar-refractivity contribution in [2.45, 2.75) is 45.6 Å². The van der Waals surface area contributed by atoms with Gasteiger partial charge in [0.15, 0.2) is 23.1 Å². The van der Waals surface area contributed by atoms with Gasteiger partial charge in [-0.25, -0.2) is 0 Å². The van der Waals surface area contributed by atoms with Gasteiger partial charge in [0.2, 0.25) is 0 Å². The molecule has 41 heavy (non-hydrogen) atoms. The summed E-state index contributed by atoms with van der Waals surface area (Å²) >= 11 is 0. The number of rotatable bonds is 6. The van der Waals surface area contributed by atoms with Crippen molar-refractivity contribution in [1.82, 2.24) is 0 Å². The van der Waals surface area contributed by atoms with E-state index >= 15 is 0 Å². The fourth-order valence-electron chi connectivity index (χ4n) is 2.45. The van der Waals surface area contributed by atoms with Gasteiger partial charge in [-0.1, -0.05) is 12.1 Å². The van der Waals surface area contributed by atoms with Gasteiger partial charge in [-0.2, -0.15) is 43.2 Å². The molecular formula is C23H22F6O10S2. The number of halogens is 6. The SMILES string of the molecule is CC(=O)c1ccc(C)c(C(C)=O)c1.CC(=O)c1ccc(O)c(C(C)=O)c1.O=S(=O)(OS(=O)(=O)C(F)(F)F)C(F)(F)F. The highest BCUT2D eigenvalue weighted by atomic mass is 32.3. The first-order valence-corrected chi connectivity index (χ1v) is 13.4. The van der Waals surface area contributed by atoms with Crippen LogP contribution in [0.5, 0.6) is 5.75 Å². The van der Waals surface area contributed by atoms with Crippen molar-refractivity contribution < 1.29 is 71.1 Å². The molecule has 0 aliphatic rings. The Bertz CT molecular complexity index is 1430. The van der Waals surface area contributed by atoms with E-state index in [0.717, 1.165) is 5.56 Å². The number of hydrogen-bond donors (Lipinski definition) is 1. The number of ketones is 4. The Morgan fingerprint density at radius 2 is 0.976 bits per heavy atom. The minimum Gasteiger partial charge on any atom is -0.507 e. The van der Waals surface area contributed by atoms with Gasteiger partial charge in [0.1, 0.15) is 5.75 Å². The normalized spacial score (nSPS) is 11.8. The summed E-state index contributed by atoms with van der Waals surface area (Å²) in [6.07, 6.45) is 0. The van der Waals surface area contributed by atoms with Crippen LogP contribution < -0.4 is 0 Å². The molecule has 0 saturated heterocycles. The second-order valence-electron chi connectivity index (χ2n) is 7.85. The summed E-state index contributed by atoms with van der Waals surface area (Å²) < 4.78 is 110. The molecule has 10 nitrogen and oxygen atoms in total. The molecular weight excluding hydrogens is 614 g/mol. The maximum absolute atomic E-state index is 11.4. The van der Waals surface area contributed by atoms with Crippen molar-refractivity contribution in [3.05, 3.63) is 64.2 Å². The topological polar surface area (TPSA) is 166 Å². The van der Waals surface area contributed by atoms with Crippen molar-refractivity contribution >= 4 is 43.4 Å². The molecule has 2 aromatic carbocycles. The number of hydrogen-bond acceptors (Lipinski definition) is 10. The van der Waals surface area contributed by atoms with Crippen LogP contribution in [0.3, 0.4) is 0 Å². The molecule has 2 aromatic rings. The van der Waals surface area contributed by atoms with Crippen molar-refractivity contribution in [2.75, 3.05) is 0 Å². The van der Waals surface area contributed by atoms with Gasteiger partial charge in [0, 0.05) is 16.7 Å². The van der Waals surface area contributed by atoms with E-state index in [2.05, 4.69) is 0 Å². The van der Waals surface area contributed by atoms with Crippen LogP contribution in [0.1, 0.15) is 74.7 Å². The average Bonchev–Trinajstić information content (AvgIpc) is 2.77. The first-order valence-electron chi connectivity index (χ1n) is 10.6. The van der Waals surface area contributed by atoms with Crippen LogP contribution >= 0.6 is 0 Å². The van der Waals surface area contributed by atoms with Crippen molar-refractivity contribution in [3.8, 4) is 5.75 Å². The number of carbonyl (C=O) groups excluding carboxylic acids is 4. The fourth-order valence-corrected chi connectivity index (χ4v) is 4.01. The van der Waals surface area contributed by atoms with E-state index in [1.54, 1.807) is 18.2 Å². The number of phenols is 1. The smallest absolute Gasteiger partial charge is 0.507 e. The van der Waals surface area contributed by atoms with Gasteiger partial charge in [-0.3, -0.25) is 19.2 Å². The number of aryl methyl sites for hydroxylation is 1. The lowest BCUT2D eigenvalue weighted by atomic mass is 10.0. The highest BCUT2D eigenvalue weighted by molar-refractivity contribution is 8.00. The third-order valence-corrected chi connectivity index (χ3v) is 7.12. The van der Waals surface area contributed by atoms with E-state index in [1.807, 2.05) is 10.6 Å². The van der Waals surface area contributed by atoms with Gasteiger partial charge in [-0.15, -0.1) is 3.63 Å². The molecule has 1 N–H and O–H groups in total. The number of phenolic OH excluding ortho intramolecular Hbond substituents is 1. The average molecular weight is 637 g/mol. The Labute approximate surface area is 230 Å². The third-order valence-electron chi connectivity index (χ3n) is 4.55. The van der Waals surface area contributed by atoms with Crippen molar-refractivity contribution in [2.24, 2.45) is 0 Å². The Balaban J connectivity index is 0.000000587. The largest absolute Gasteiger partial charge is 0.524 e. The monoisotopic (exact) mass is 636 g/mol. The summed E-state index contributed by atoms with van der Waals surface area (Å²) in [5.41, 5.74) is -9.76. The Morgan fingerprint density at radius 1 is 0.634 bits per heavy atom. The molecule has 2 rings (SSSR count). The van der Waals surface area contributed by atoms with Crippen LogP contribution in [0.2, 0.25) is 0 Å². The van der Waals surface area contributed by atoms with Crippen LogP contribution in [-0.2, 0) is 23.9 Å². The van der Waals surface area contributed by atoms with Gasteiger partial charge in [0.25, 0.3) is 0 Å². The number of alkyl halides is 6. The lowest BCUT2D eigenvalue weighted by Gasteiger charge is -2.09. The third kappa shape index (κ3) is 11.0. The van der Waals surface area contributed by atoms with Crippen LogP contribution in [0, 0.1) is 6.92 Å². The Kier molecular flexibility index (Phi) is 12.6. The van der Waals surface area contributed by atoms with Gasteiger partial charge in [0.05, 0.1) is 5.56 Å².